The van der Waals surface area contributed by atoms with Gasteiger partial charge in [-0.3, -0.25) is 4.79 Å². The SMILES string of the molecule is Cl.O=C(O)[C@@H]1CC2(CN1)SCCS2. The summed E-state index contributed by atoms with van der Waals surface area (Å²) >= 11 is 3.82. The maximum Gasteiger partial charge on any atom is 0.320 e. The van der Waals surface area contributed by atoms with Gasteiger partial charge >= 0.3 is 5.97 Å². The van der Waals surface area contributed by atoms with Gasteiger partial charge in [0, 0.05) is 18.1 Å². The molecule has 2 aliphatic heterocycles. The third-order valence-electron chi connectivity index (χ3n) is 2.24. The predicted molar refractivity (Wildman–Crippen MR) is 58.9 cm³/mol. The van der Waals surface area contributed by atoms with Crippen LogP contribution in [0.1, 0.15) is 6.42 Å². The Hall–Kier alpha value is 0.420. The smallest absolute Gasteiger partial charge is 0.320 e. The van der Waals surface area contributed by atoms with Gasteiger partial charge < -0.3 is 10.4 Å². The fourth-order valence-corrected chi connectivity index (χ4v) is 4.81. The molecule has 0 saturated carbocycles. The van der Waals surface area contributed by atoms with Crippen molar-refractivity contribution >= 4 is 41.9 Å². The quantitative estimate of drug-likeness (QED) is 0.718. The summed E-state index contributed by atoms with van der Waals surface area (Å²) in [6, 6.07) is -0.317. The Bertz CT molecular complexity index is 209. The number of hydrogen-bond donors (Lipinski definition) is 2. The number of carbonyl (C=O) groups is 1. The van der Waals surface area contributed by atoms with Crippen LogP contribution in [-0.4, -0.2) is 39.2 Å². The van der Waals surface area contributed by atoms with Crippen LogP contribution in [0.15, 0.2) is 0 Å². The van der Waals surface area contributed by atoms with Crippen molar-refractivity contribution in [2.24, 2.45) is 0 Å². The van der Waals surface area contributed by atoms with Crippen LogP contribution in [0.5, 0.6) is 0 Å². The van der Waals surface area contributed by atoms with E-state index in [1.54, 1.807) is 0 Å². The van der Waals surface area contributed by atoms with Gasteiger partial charge in [0.25, 0.3) is 0 Å². The lowest BCUT2D eigenvalue weighted by molar-refractivity contribution is -0.139. The maximum atomic E-state index is 10.7. The second-order valence-electron chi connectivity index (χ2n) is 3.08. The zero-order valence-electron chi connectivity index (χ0n) is 6.99. The van der Waals surface area contributed by atoms with Crippen LogP contribution in [0, 0.1) is 0 Å². The van der Waals surface area contributed by atoms with E-state index in [9.17, 15) is 4.79 Å². The Labute approximate surface area is 91.8 Å². The van der Waals surface area contributed by atoms with E-state index in [0.29, 0.717) is 0 Å². The van der Waals surface area contributed by atoms with E-state index in [-0.39, 0.29) is 22.5 Å². The first-order chi connectivity index (χ1) is 5.72. The molecular formula is C7H12ClNO2S2. The highest BCUT2D eigenvalue weighted by Crippen LogP contribution is 2.48. The van der Waals surface area contributed by atoms with Crippen molar-refractivity contribution < 1.29 is 9.90 Å². The van der Waals surface area contributed by atoms with Crippen LogP contribution in [-0.2, 0) is 4.79 Å². The summed E-state index contributed by atoms with van der Waals surface area (Å²) in [5, 5.41) is 11.8. The highest BCUT2D eigenvalue weighted by Gasteiger charge is 2.44. The minimum atomic E-state index is -0.708. The lowest BCUT2D eigenvalue weighted by Crippen LogP contribution is -2.30. The van der Waals surface area contributed by atoms with E-state index in [0.717, 1.165) is 13.0 Å². The lowest BCUT2D eigenvalue weighted by Gasteiger charge is -2.18. The second-order valence-corrected chi connectivity index (χ2v) is 6.30. The molecular weight excluding hydrogens is 230 g/mol. The normalized spacial score (nSPS) is 30.3. The van der Waals surface area contributed by atoms with Crippen molar-refractivity contribution in [1.82, 2.24) is 5.32 Å². The molecule has 76 valence electrons. The molecule has 2 fully saturated rings. The first-order valence-electron chi connectivity index (χ1n) is 3.96. The van der Waals surface area contributed by atoms with Gasteiger partial charge in [0.05, 0.1) is 4.08 Å². The molecule has 0 aliphatic carbocycles. The summed E-state index contributed by atoms with van der Waals surface area (Å²) in [5.74, 6) is 1.62. The number of aliphatic carboxylic acids is 1. The van der Waals surface area contributed by atoms with Gasteiger partial charge in [0.15, 0.2) is 0 Å². The van der Waals surface area contributed by atoms with Crippen LogP contribution < -0.4 is 5.32 Å². The van der Waals surface area contributed by atoms with Gasteiger partial charge in [-0.1, -0.05) is 0 Å². The van der Waals surface area contributed by atoms with E-state index >= 15 is 0 Å². The van der Waals surface area contributed by atoms with Gasteiger partial charge in [-0.05, 0) is 6.42 Å². The Morgan fingerprint density at radius 2 is 2.08 bits per heavy atom. The standard InChI is InChI=1S/C7H11NO2S2.ClH/c9-6(10)5-3-7(4-8-5)11-1-2-12-7;/h5,8H,1-4H2,(H,9,10);1H/t5-;/m0./s1. The first-order valence-corrected chi connectivity index (χ1v) is 5.93. The molecule has 2 aliphatic rings. The maximum absolute atomic E-state index is 10.7. The number of carboxylic acids is 1. The molecule has 0 aromatic carbocycles. The Kier molecular flexibility index (Phi) is 3.80. The predicted octanol–water partition coefficient (Wildman–Crippen LogP) is 1.03. The highest BCUT2D eigenvalue weighted by atomic mass is 35.5. The minimum absolute atomic E-state index is 0. The molecule has 2 N–H and O–H groups in total. The van der Waals surface area contributed by atoms with E-state index in [1.165, 1.54) is 11.5 Å². The van der Waals surface area contributed by atoms with Crippen molar-refractivity contribution in [3.8, 4) is 0 Å². The molecule has 2 saturated heterocycles. The van der Waals surface area contributed by atoms with Gasteiger partial charge in [-0.25, -0.2) is 0 Å². The van der Waals surface area contributed by atoms with Crippen molar-refractivity contribution in [3.63, 3.8) is 0 Å². The van der Waals surface area contributed by atoms with Crippen LogP contribution in [0.25, 0.3) is 0 Å². The van der Waals surface area contributed by atoms with Crippen molar-refractivity contribution in [3.05, 3.63) is 0 Å². The summed E-state index contributed by atoms with van der Waals surface area (Å²) < 4.78 is 0.184. The fourth-order valence-electron chi connectivity index (χ4n) is 1.63. The first kappa shape index (κ1) is 11.5. The zero-order chi connectivity index (χ0) is 8.60. The number of halogens is 1. The van der Waals surface area contributed by atoms with Crippen molar-refractivity contribution in [2.45, 2.75) is 16.5 Å². The lowest BCUT2D eigenvalue weighted by atomic mass is 10.2. The minimum Gasteiger partial charge on any atom is -0.480 e. The van der Waals surface area contributed by atoms with Gasteiger partial charge in [-0.15, -0.1) is 35.9 Å². The monoisotopic (exact) mass is 241 g/mol. The van der Waals surface area contributed by atoms with Crippen molar-refractivity contribution in [1.29, 1.82) is 0 Å². The van der Waals surface area contributed by atoms with E-state index < -0.39 is 5.97 Å². The Morgan fingerprint density at radius 3 is 2.54 bits per heavy atom. The van der Waals surface area contributed by atoms with Crippen LogP contribution in [0.4, 0.5) is 0 Å². The van der Waals surface area contributed by atoms with E-state index in [4.69, 9.17) is 5.11 Å². The molecule has 0 bridgehead atoms. The zero-order valence-corrected chi connectivity index (χ0v) is 9.44. The fraction of sp³-hybridized carbons (Fsp3) is 0.857. The molecule has 13 heavy (non-hydrogen) atoms. The molecule has 0 unspecified atom stereocenters. The molecule has 1 atom stereocenters. The molecule has 6 heteroatoms. The number of thioether (sulfide) groups is 2. The molecule has 1 spiro atoms. The average molecular weight is 242 g/mol. The molecule has 0 aromatic heterocycles. The third kappa shape index (κ3) is 2.26. The average Bonchev–Trinajstić information content (AvgIpc) is 2.62. The Balaban J connectivity index is 0.000000845. The molecule has 2 rings (SSSR count). The number of carboxylic acid groups (broad SMARTS) is 1. The molecule has 3 nitrogen and oxygen atoms in total. The highest BCUT2D eigenvalue weighted by molar-refractivity contribution is 8.21. The number of hydrogen-bond acceptors (Lipinski definition) is 4. The van der Waals surface area contributed by atoms with Crippen LogP contribution in [0.2, 0.25) is 0 Å². The summed E-state index contributed by atoms with van der Waals surface area (Å²) in [6.45, 7) is 0.847. The second kappa shape index (κ2) is 4.29. The van der Waals surface area contributed by atoms with E-state index in [1.807, 2.05) is 23.5 Å². The van der Waals surface area contributed by atoms with Crippen LogP contribution in [0.3, 0.4) is 0 Å². The van der Waals surface area contributed by atoms with Gasteiger partial charge in [-0.2, -0.15) is 0 Å². The molecule has 0 radical (unpaired) electrons. The van der Waals surface area contributed by atoms with Gasteiger partial charge in [0.2, 0.25) is 0 Å². The topological polar surface area (TPSA) is 49.3 Å². The summed E-state index contributed by atoms with van der Waals surface area (Å²) in [4.78, 5) is 10.7. The molecule has 0 amide bonds. The summed E-state index contributed by atoms with van der Waals surface area (Å²) in [7, 11) is 0. The third-order valence-corrected chi connectivity index (χ3v) is 5.70. The molecule has 0 aromatic rings. The number of nitrogens with one attached hydrogen (secondary N) is 1. The Morgan fingerprint density at radius 1 is 1.46 bits per heavy atom. The van der Waals surface area contributed by atoms with Crippen LogP contribution >= 0.6 is 35.9 Å². The van der Waals surface area contributed by atoms with E-state index in [2.05, 4.69) is 5.32 Å². The van der Waals surface area contributed by atoms with Crippen molar-refractivity contribution in [2.75, 3.05) is 18.1 Å². The summed E-state index contributed by atoms with van der Waals surface area (Å²) in [6.07, 6.45) is 0.775. The summed E-state index contributed by atoms with van der Waals surface area (Å²) in [5.41, 5.74) is 0. The van der Waals surface area contributed by atoms with Gasteiger partial charge in [0.1, 0.15) is 6.04 Å². The largest absolute Gasteiger partial charge is 0.480 e. The molecule has 2 heterocycles. The number of rotatable bonds is 1.